The van der Waals surface area contributed by atoms with Gasteiger partial charge in [-0.1, -0.05) is 13.8 Å². The predicted molar refractivity (Wildman–Crippen MR) is 120 cm³/mol. The molecule has 0 fully saturated rings. The second-order valence-electron chi connectivity index (χ2n) is 6.11. The molecule has 0 bridgehead atoms. The predicted octanol–water partition coefficient (Wildman–Crippen LogP) is 1.23. The first-order chi connectivity index (χ1) is 13.7. The molecule has 0 unspecified atom stereocenters. The van der Waals surface area contributed by atoms with Crippen LogP contribution in [0.15, 0.2) is 96.1 Å². The summed E-state index contributed by atoms with van der Waals surface area (Å²) in [7, 11) is 0. The SMILES string of the molecule is CC.CC1=CC[C-]=C1.CC1=CC[C-]=C1.[Cl-].[Cl-].[Ti+2]=[C](c1ccccc1)c1ccccc1. The summed E-state index contributed by atoms with van der Waals surface area (Å²) in [6.07, 6.45) is 16.5. The van der Waals surface area contributed by atoms with Gasteiger partial charge in [-0.3, -0.25) is 12.2 Å². The van der Waals surface area contributed by atoms with E-state index in [9.17, 15) is 0 Å². The van der Waals surface area contributed by atoms with E-state index in [2.05, 4.69) is 107 Å². The van der Waals surface area contributed by atoms with Crippen LogP contribution in [0.5, 0.6) is 0 Å². The molecule has 158 valence electrons. The fourth-order valence-electron chi connectivity index (χ4n) is 2.37. The third-order valence-electron chi connectivity index (χ3n) is 3.87. The third-order valence-corrected chi connectivity index (χ3v) is 4.77. The van der Waals surface area contributed by atoms with Gasteiger partial charge in [-0.2, -0.15) is 12.2 Å². The molecule has 2 aliphatic carbocycles. The molecule has 30 heavy (non-hydrogen) atoms. The van der Waals surface area contributed by atoms with E-state index >= 15 is 0 Å². The van der Waals surface area contributed by atoms with Crippen LogP contribution in [0.3, 0.4) is 0 Å². The average Bonchev–Trinajstić information content (AvgIpc) is 3.44. The molecule has 0 heterocycles. The molecule has 0 N–H and O–H groups in total. The van der Waals surface area contributed by atoms with Crippen molar-refractivity contribution in [3.63, 3.8) is 0 Å². The molecule has 0 nitrogen and oxygen atoms in total. The zero-order valence-electron chi connectivity index (χ0n) is 18.3. The van der Waals surface area contributed by atoms with Crippen molar-refractivity contribution in [2.45, 2.75) is 40.5 Å². The summed E-state index contributed by atoms with van der Waals surface area (Å²) in [5.41, 5.74) is 5.27. The first-order valence-electron chi connectivity index (χ1n) is 9.83. The van der Waals surface area contributed by atoms with E-state index < -0.39 is 0 Å². The molecule has 0 radical (unpaired) electrons. The number of rotatable bonds is 2. The fraction of sp³-hybridized carbons (Fsp3) is 0.222. The molecule has 2 aromatic carbocycles. The van der Waals surface area contributed by atoms with Crippen LogP contribution in [0.25, 0.3) is 0 Å². The monoisotopic (exact) mass is 472 g/mol. The molecule has 0 saturated heterocycles. The summed E-state index contributed by atoms with van der Waals surface area (Å²) in [4.78, 5) is 0. The Morgan fingerprint density at radius 1 is 0.667 bits per heavy atom. The van der Waals surface area contributed by atoms with Crippen molar-refractivity contribution in [1.82, 2.24) is 0 Å². The Morgan fingerprint density at radius 2 is 1.00 bits per heavy atom. The summed E-state index contributed by atoms with van der Waals surface area (Å²) in [6, 6.07) is 20.9. The number of hydrogen-bond donors (Lipinski definition) is 0. The zero-order chi connectivity index (χ0) is 20.6. The van der Waals surface area contributed by atoms with E-state index in [4.69, 9.17) is 0 Å². The molecule has 0 aliphatic heterocycles. The van der Waals surface area contributed by atoms with Gasteiger partial charge in [-0.05, 0) is 0 Å². The molecule has 3 heteroatoms. The van der Waals surface area contributed by atoms with Crippen molar-refractivity contribution < 1.29 is 44.8 Å². The summed E-state index contributed by atoms with van der Waals surface area (Å²) < 4.78 is 1.33. The molecule has 0 aromatic heterocycles. The Bertz CT molecular complexity index is 741. The van der Waals surface area contributed by atoms with Crippen molar-refractivity contribution >= 4 is 3.81 Å². The number of allylic oxidation sites excluding steroid dienone is 8. The second kappa shape index (κ2) is 19.5. The first-order valence-corrected chi connectivity index (χ1v) is 10.6. The quantitative estimate of drug-likeness (QED) is 0.455. The van der Waals surface area contributed by atoms with Crippen molar-refractivity contribution in [2.24, 2.45) is 0 Å². The standard InChI is InChI=1S/C13H10.2C6H7.C2H6.2ClH.Ti/c1-3-7-12(8-4-1)11-13-9-5-2-6-10-13;2*1-6-4-2-3-5-6;1-2;;;/h1-10H;2*4-5H,2H2,1H3;1-2H3;2*1H;/q;2*-1;;;;+2/p-2. The number of benzene rings is 2. The Morgan fingerprint density at radius 3 is 1.20 bits per heavy atom. The Hall–Kier alpha value is -1.44. The Balaban J connectivity index is 0. The van der Waals surface area contributed by atoms with Crippen LogP contribution in [0.2, 0.25) is 0 Å². The molecule has 0 spiro atoms. The topological polar surface area (TPSA) is 0 Å². The summed E-state index contributed by atoms with van der Waals surface area (Å²) >= 11 is 2.16. The van der Waals surface area contributed by atoms with Crippen LogP contribution in [0, 0.1) is 12.2 Å². The number of halogens is 2. The number of hydrogen-bond acceptors (Lipinski definition) is 0. The molecule has 0 amide bonds. The molecule has 4 rings (SSSR count). The van der Waals surface area contributed by atoms with Crippen LogP contribution in [-0.2, 0) is 20.0 Å². The van der Waals surface area contributed by atoms with Gasteiger partial charge < -0.3 is 24.8 Å². The molecule has 2 aromatic rings. The summed E-state index contributed by atoms with van der Waals surface area (Å²) in [5, 5.41) is 0. The van der Waals surface area contributed by atoms with E-state index in [0.29, 0.717) is 0 Å². The van der Waals surface area contributed by atoms with Crippen LogP contribution < -0.4 is 24.8 Å². The van der Waals surface area contributed by atoms with E-state index in [0.717, 1.165) is 12.8 Å². The van der Waals surface area contributed by atoms with Gasteiger partial charge in [-0.15, -0.1) is 26.7 Å². The van der Waals surface area contributed by atoms with Gasteiger partial charge in [-0.25, -0.2) is 23.3 Å². The maximum atomic E-state index is 3.05. The van der Waals surface area contributed by atoms with Crippen LogP contribution in [0.4, 0.5) is 0 Å². The van der Waals surface area contributed by atoms with Gasteiger partial charge in [0, 0.05) is 0 Å². The minimum atomic E-state index is 0. The van der Waals surface area contributed by atoms with E-state index in [1.54, 1.807) is 0 Å². The average molecular weight is 473 g/mol. The molecule has 2 aliphatic rings. The molecular weight excluding hydrogens is 443 g/mol. The van der Waals surface area contributed by atoms with Gasteiger partial charge in [0.25, 0.3) is 0 Å². The van der Waals surface area contributed by atoms with E-state index in [-0.39, 0.29) is 24.8 Å². The summed E-state index contributed by atoms with van der Waals surface area (Å²) in [5.74, 6) is 0. The normalized spacial score (nSPS) is 12.2. The van der Waals surface area contributed by atoms with Crippen LogP contribution in [0.1, 0.15) is 51.7 Å². The van der Waals surface area contributed by atoms with E-state index in [1.807, 2.05) is 38.1 Å². The van der Waals surface area contributed by atoms with Crippen molar-refractivity contribution in [2.75, 3.05) is 0 Å². The van der Waals surface area contributed by atoms with Crippen molar-refractivity contribution in [3.05, 3.63) is 119 Å². The fourth-order valence-corrected chi connectivity index (χ4v) is 2.89. The zero-order valence-corrected chi connectivity index (χ0v) is 21.3. The van der Waals surface area contributed by atoms with E-state index in [1.165, 1.54) is 26.1 Å². The van der Waals surface area contributed by atoms with Crippen LogP contribution >= 0.6 is 0 Å². The van der Waals surface area contributed by atoms with Gasteiger partial charge >= 0.3 is 95.6 Å². The molecular formula is C27H30Cl2Ti-2. The third kappa shape index (κ3) is 13.0. The molecule has 0 saturated carbocycles. The van der Waals surface area contributed by atoms with Gasteiger partial charge in [0.1, 0.15) is 0 Å². The first kappa shape index (κ1) is 30.8. The Labute approximate surface area is 207 Å². The molecule has 0 atom stereocenters. The minimum absolute atomic E-state index is 0. The summed E-state index contributed by atoms with van der Waals surface area (Å²) in [6.45, 7) is 8.17. The maximum absolute atomic E-state index is 3.05. The van der Waals surface area contributed by atoms with Crippen molar-refractivity contribution in [3.8, 4) is 0 Å². The van der Waals surface area contributed by atoms with Gasteiger partial charge in [0.15, 0.2) is 0 Å². The second-order valence-corrected chi connectivity index (χ2v) is 6.89. The van der Waals surface area contributed by atoms with Crippen molar-refractivity contribution in [1.29, 1.82) is 0 Å². The van der Waals surface area contributed by atoms with Crippen LogP contribution in [-0.4, -0.2) is 3.81 Å². The Kier molecular flexibility index (Phi) is 20.0. The van der Waals surface area contributed by atoms with Gasteiger partial charge in [0.2, 0.25) is 0 Å². The van der Waals surface area contributed by atoms with Gasteiger partial charge in [0.05, 0.1) is 0 Å².